The van der Waals surface area contributed by atoms with Crippen LogP contribution in [-0.4, -0.2) is 5.11 Å². The molecule has 3 aromatic carbocycles. The number of aromatic hydroxyl groups is 1. The second kappa shape index (κ2) is 3.65. The molecule has 3 heteroatoms. The summed E-state index contributed by atoms with van der Waals surface area (Å²) in [6.07, 6.45) is 0. The molecule has 0 aliphatic carbocycles. The number of phenolic OH excluding ortho intramolecular Hbond substituents is 1. The van der Waals surface area contributed by atoms with Gasteiger partial charge in [0, 0.05) is 16.8 Å². The maximum Gasteiger partial charge on any atom is 0.155 e. The summed E-state index contributed by atoms with van der Waals surface area (Å²) in [7, 11) is 0. The van der Waals surface area contributed by atoms with E-state index in [9.17, 15) is 5.11 Å². The Labute approximate surface area is 110 Å². The Morgan fingerprint density at radius 3 is 2.47 bits per heavy atom. The molecule has 1 aliphatic heterocycles. The number of nitrogens with one attached hydrogen (secondary N) is 1. The SMILES string of the molecule is Oc1cc2c(c3ccccc13)Nc1ccccc1O2. The van der Waals surface area contributed by atoms with Crippen molar-refractivity contribution in [3.8, 4) is 17.2 Å². The van der Waals surface area contributed by atoms with Crippen molar-refractivity contribution < 1.29 is 9.84 Å². The minimum Gasteiger partial charge on any atom is -0.507 e. The number of fused-ring (bicyclic) bond motifs is 4. The molecule has 0 aromatic heterocycles. The number of para-hydroxylation sites is 2. The lowest BCUT2D eigenvalue weighted by atomic mass is 10.1. The second-order valence-corrected chi connectivity index (χ2v) is 4.54. The van der Waals surface area contributed by atoms with Gasteiger partial charge in [0.2, 0.25) is 0 Å². The Balaban J connectivity index is 2.01. The van der Waals surface area contributed by atoms with E-state index in [-0.39, 0.29) is 5.75 Å². The number of ether oxygens (including phenoxy) is 1. The Morgan fingerprint density at radius 1 is 0.842 bits per heavy atom. The molecule has 0 amide bonds. The number of benzene rings is 3. The van der Waals surface area contributed by atoms with E-state index in [0.29, 0.717) is 5.75 Å². The zero-order chi connectivity index (χ0) is 12.8. The predicted octanol–water partition coefficient (Wildman–Crippen LogP) is 4.39. The van der Waals surface area contributed by atoms with Gasteiger partial charge < -0.3 is 15.2 Å². The van der Waals surface area contributed by atoms with Crippen molar-refractivity contribution in [2.75, 3.05) is 5.32 Å². The first kappa shape index (κ1) is 10.3. The van der Waals surface area contributed by atoms with E-state index in [1.807, 2.05) is 48.5 Å². The predicted molar refractivity (Wildman–Crippen MR) is 75.4 cm³/mol. The minimum atomic E-state index is 0.232. The smallest absolute Gasteiger partial charge is 0.155 e. The Kier molecular flexibility index (Phi) is 1.97. The van der Waals surface area contributed by atoms with Gasteiger partial charge in [-0.15, -0.1) is 0 Å². The number of phenols is 1. The third-order valence-corrected chi connectivity index (χ3v) is 3.35. The van der Waals surface area contributed by atoms with Gasteiger partial charge in [0.05, 0.1) is 11.4 Å². The van der Waals surface area contributed by atoms with Crippen LogP contribution in [0.3, 0.4) is 0 Å². The van der Waals surface area contributed by atoms with Gasteiger partial charge in [-0.1, -0.05) is 36.4 Å². The van der Waals surface area contributed by atoms with Crippen LogP contribution in [0, 0.1) is 0 Å². The highest BCUT2D eigenvalue weighted by Crippen LogP contribution is 2.47. The highest BCUT2D eigenvalue weighted by atomic mass is 16.5. The molecule has 0 spiro atoms. The van der Waals surface area contributed by atoms with Crippen LogP contribution in [0.4, 0.5) is 11.4 Å². The summed E-state index contributed by atoms with van der Waals surface area (Å²) in [5, 5.41) is 15.2. The molecule has 0 bridgehead atoms. The largest absolute Gasteiger partial charge is 0.507 e. The van der Waals surface area contributed by atoms with E-state index in [1.165, 1.54) is 0 Å². The molecule has 1 heterocycles. The first-order valence-corrected chi connectivity index (χ1v) is 6.11. The molecule has 0 radical (unpaired) electrons. The van der Waals surface area contributed by atoms with Gasteiger partial charge in [-0.05, 0) is 12.1 Å². The summed E-state index contributed by atoms with van der Waals surface area (Å²) in [5.41, 5.74) is 1.83. The van der Waals surface area contributed by atoms with E-state index >= 15 is 0 Å². The highest BCUT2D eigenvalue weighted by molar-refractivity contribution is 6.03. The molecule has 2 N–H and O–H groups in total. The van der Waals surface area contributed by atoms with Gasteiger partial charge in [0.15, 0.2) is 11.5 Å². The minimum absolute atomic E-state index is 0.232. The van der Waals surface area contributed by atoms with Gasteiger partial charge in [-0.2, -0.15) is 0 Å². The van der Waals surface area contributed by atoms with Crippen LogP contribution in [0.15, 0.2) is 54.6 Å². The van der Waals surface area contributed by atoms with Gasteiger partial charge >= 0.3 is 0 Å². The van der Waals surface area contributed by atoms with Crippen molar-refractivity contribution in [2.24, 2.45) is 0 Å². The van der Waals surface area contributed by atoms with Gasteiger partial charge in [0.25, 0.3) is 0 Å². The summed E-state index contributed by atoms with van der Waals surface area (Å²) in [6, 6.07) is 17.1. The third kappa shape index (κ3) is 1.45. The van der Waals surface area contributed by atoms with E-state index in [0.717, 1.165) is 27.9 Å². The fraction of sp³-hybridized carbons (Fsp3) is 0. The maximum atomic E-state index is 10.1. The zero-order valence-electron chi connectivity index (χ0n) is 10.1. The topological polar surface area (TPSA) is 41.5 Å². The molecule has 1 aliphatic rings. The zero-order valence-corrected chi connectivity index (χ0v) is 10.1. The Morgan fingerprint density at radius 2 is 1.58 bits per heavy atom. The summed E-state index contributed by atoms with van der Waals surface area (Å²) in [5.74, 6) is 1.65. The number of hydrogen-bond acceptors (Lipinski definition) is 3. The van der Waals surface area contributed by atoms with Crippen molar-refractivity contribution in [2.45, 2.75) is 0 Å². The lowest BCUT2D eigenvalue weighted by Crippen LogP contribution is -2.03. The first-order chi connectivity index (χ1) is 9.33. The van der Waals surface area contributed by atoms with Crippen LogP contribution >= 0.6 is 0 Å². The standard InChI is InChI=1S/C16H11NO2/c18-13-9-15-16(11-6-2-1-5-10(11)13)17-12-7-3-4-8-14(12)19-15/h1-9,17-18H. The molecule has 0 unspecified atom stereocenters. The second-order valence-electron chi connectivity index (χ2n) is 4.54. The van der Waals surface area contributed by atoms with Crippen LogP contribution < -0.4 is 10.1 Å². The normalized spacial score (nSPS) is 12.2. The van der Waals surface area contributed by atoms with E-state index in [1.54, 1.807) is 6.07 Å². The lowest BCUT2D eigenvalue weighted by Gasteiger charge is -2.23. The van der Waals surface area contributed by atoms with Crippen LogP contribution in [-0.2, 0) is 0 Å². The quantitative estimate of drug-likeness (QED) is 0.454. The summed E-state index contributed by atoms with van der Waals surface area (Å²) in [6.45, 7) is 0. The molecule has 0 saturated heterocycles. The Hall–Kier alpha value is -2.68. The van der Waals surface area contributed by atoms with Crippen LogP contribution in [0.2, 0.25) is 0 Å². The highest BCUT2D eigenvalue weighted by Gasteiger charge is 2.19. The number of rotatable bonds is 0. The molecule has 19 heavy (non-hydrogen) atoms. The number of anilines is 2. The molecule has 0 fully saturated rings. The van der Waals surface area contributed by atoms with Crippen molar-refractivity contribution in [1.82, 2.24) is 0 Å². The summed E-state index contributed by atoms with van der Waals surface area (Å²) < 4.78 is 5.84. The molecule has 4 rings (SSSR count). The first-order valence-electron chi connectivity index (χ1n) is 6.11. The Bertz CT molecular complexity index is 796. The van der Waals surface area contributed by atoms with Gasteiger partial charge in [-0.25, -0.2) is 0 Å². The summed E-state index contributed by atoms with van der Waals surface area (Å²) >= 11 is 0. The van der Waals surface area contributed by atoms with Crippen molar-refractivity contribution >= 4 is 22.1 Å². The third-order valence-electron chi connectivity index (χ3n) is 3.35. The molecule has 0 atom stereocenters. The van der Waals surface area contributed by atoms with E-state index in [4.69, 9.17) is 4.74 Å². The van der Waals surface area contributed by atoms with Crippen LogP contribution in [0.5, 0.6) is 17.2 Å². The van der Waals surface area contributed by atoms with Crippen molar-refractivity contribution in [3.05, 3.63) is 54.6 Å². The summed E-state index contributed by atoms with van der Waals surface area (Å²) in [4.78, 5) is 0. The molecular formula is C16H11NO2. The maximum absolute atomic E-state index is 10.1. The molecule has 0 saturated carbocycles. The molecule has 3 nitrogen and oxygen atoms in total. The van der Waals surface area contributed by atoms with Gasteiger partial charge in [-0.3, -0.25) is 0 Å². The van der Waals surface area contributed by atoms with Crippen LogP contribution in [0.1, 0.15) is 0 Å². The van der Waals surface area contributed by atoms with Gasteiger partial charge in [0.1, 0.15) is 5.75 Å². The fourth-order valence-electron chi connectivity index (χ4n) is 2.45. The molecule has 92 valence electrons. The number of hydrogen-bond donors (Lipinski definition) is 2. The fourth-order valence-corrected chi connectivity index (χ4v) is 2.45. The van der Waals surface area contributed by atoms with Crippen LogP contribution in [0.25, 0.3) is 10.8 Å². The van der Waals surface area contributed by atoms with Crippen molar-refractivity contribution in [1.29, 1.82) is 0 Å². The van der Waals surface area contributed by atoms with E-state index in [2.05, 4.69) is 5.32 Å². The molecular weight excluding hydrogens is 238 g/mol. The van der Waals surface area contributed by atoms with E-state index < -0.39 is 0 Å². The molecule has 3 aromatic rings. The average molecular weight is 249 g/mol. The lowest BCUT2D eigenvalue weighted by molar-refractivity contribution is 0.459. The monoisotopic (exact) mass is 249 g/mol. The van der Waals surface area contributed by atoms with Crippen molar-refractivity contribution in [3.63, 3.8) is 0 Å². The average Bonchev–Trinajstić information content (AvgIpc) is 2.46.